The monoisotopic (exact) mass is 410 g/mol. The summed E-state index contributed by atoms with van der Waals surface area (Å²) in [5.74, 6) is 0.396. The zero-order chi connectivity index (χ0) is 21.1. The zero-order valence-corrected chi connectivity index (χ0v) is 16.7. The fourth-order valence-corrected chi connectivity index (χ4v) is 3.06. The van der Waals surface area contributed by atoms with Gasteiger partial charge in [0.15, 0.2) is 0 Å². The molecular weight excluding hydrogens is 387 g/mol. The molecule has 6 nitrogen and oxygen atoms in total. The first-order chi connectivity index (χ1) is 14.4. The van der Waals surface area contributed by atoms with Crippen LogP contribution in [0, 0.1) is 12.7 Å². The molecule has 7 heteroatoms. The minimum atomic E-state index is -0.687. The van der Waals surface area contributed by atoms with Gasteiger partial charge in [-0.25, -0.2) is 9.37 Å². The third-order valence-electron chi connectivity index (χ3n) is 5.11. The lowest BCUT2D eigenvalue weighted by Gasteiger charge is -2.14. The zero-order valence-electron chi connectivity index (χ0n) is 16.7. The first kappa shape index (κ1) is 20.1. The highest BCUT2D eigenvalue weighted by Gasteiger charge is 2.41. The van der Waals surface area contributed by atoms with E-state index in [0.717, 1.165) is 24.0 Å². The van der Waals surface area contributed by atoms with Gasteiger partial charge in [-0.05, 0) is 61.2 Å². The Bertz CT molecular complexity index is 1090. The van der Waals surface area contributed by atoms with E-state index in [4.69, 9.17) is 9.47 Å². The van der Waals surface area contributed by atoms with Crippen molar-refractivity contribution < 1.29 is 19.0 Å². The van der Waals surface area contributed by atoms with Crippen molar-refractivity contribution in [2.45, 2.75) is 31.8 Å². The summed E-state index contributed by atoms with van der Waals surface area (Å²) < 4.78 is 25.7. The lowest BCUT2D eigenvalue weighted by Crippen LogP contribution is -2.22. The van der Waals surface area contributed by atoms with Crippen molar-refractivity contribution in [3.8, 4) is 17.3 Å². The molecule has 0 atom stereocenters. The second-order valence-corrected chi connectivity index (χ2v) is 7.60. The molecule has 0 aliphatic heterocycles. The van der Waals surface area contributed by atoms with Crippen molar-refractivity contribution in [2.75, 3.05) is 13.2 Å². The first-order valence-electron chi connectivity index (χ1n) is 9.85. The van der Waals surface area contributed by atoms with Gasteiger partial charge in [0, 0.05) is 24.5 Å². The van der Waals surface area contributed by atoms with Crippen molar-refractivity contribution in [3.05, 3.63) is 82.2 Å². The molecule has 1 heterocycles. The molecule has 0 bridgehead atoms. The molecule has 0 radical (unpaired) electrons. The molecule has 1 aromatic heterocycles. The number of aliphatic hydroxyl groups is 1. The van der Waals surface area contributed by atoms with Crippen LogP contribution in [0.2, 0.25) is 0 Å². The van der Waals surface area contributed by atoms with Crippen LogP contribution < -0.4 is 15.0 Å². The van der Waals surface area contributed by atoms with Gasteiger partial charge in [0.1, 0.15) is 18.2 Å². The predicted octanol–water partition coefficient (Wildman–Crippen LogP) is 3.21. The Hall–Kier alpha value is -3.19. The Morgan fingerprint density at radius 1 is 1.17 bits per heavy atom. The second-order valence-electron chi connectivity index (χ2n) is 7.60. The van der Waals surface area contributed by atoms with E-state index in [0.29, 0.717) is 17.9 Å². The number of nitrogens with zero attached hydrogens (tertiary/aromatic N) is 2. The van der Waals surface area contributed by atoms with Gasteiger partial charge in [-0.2, -0.15) is 0 Å². The molecule has 0 amide bonds. The van der Waals surface area contributed by atoms with Crippen molar-refractivity contribution in [3.63, 3.8) is 0 Å². The molecule has 0 unspecified atom stereocenters. The fraction of sp³-hybridized carbons (Fsp3) is 0.304. The molecule has 1 saturated carbocycles. The molecule has 2 aromatic carbocycles. The Labute approximate surface area is 173 Å². The van der Waals surface area contributed by atoms with Crippen LogP contribution in [0.5, 0.6) is 11.6 Å². The van der Waals surface area contributed by atoms with E-state index in [1.807, 2.05) is 13.0 Å². The fourth-order valence-electron chi connectivity index (χ4n) is 3.06. The van der Waals surface area contributed by atoms with Crippen LogP contribution >= 0.6 is 0 Å². The summed E-state index contributed by atoms with van der Waals surface area (Å²) in [6, 6.07) is 11.6. The van der Waals surface area contributed by atoms with Crippen molar-refractivity contribution in [1.82, 2.24) is 9.55 Å². The van der Waals surface area contributed by atoms with Crippen LogP contribution in [0.15, 0.2) is 59.7 Å². The van der Waals surface area contributed by atoms with E-state index < -0.39 is 5.60 Å². The highest BCUT2D eigenvalue weighted by atomic mass is 19.1. The first-order valence-corrected chi connectivity index (χ1v) is 9.85. The van der Waals surface area contributed by atoms with Gasteiger partial charge in [0.25, 0.3) is 5.88 Å². The van der Waals surface area contributed by atoms with E-state index in [1.165, 1.54) is 22.9 Å². The van der Waals surface area contributed by atoms with Gasteiger partial charge < -0.3 is 14.6 Å². The molecule has 1 N–H and O–H groups in total. The summed E-state index contributed by atoms with van der Waals surface area (Å²) in [6.45, 7) is 2.42. The minimum Gasteiger partial charge on any atom is -0.490 e. The van der Waals surface area contributed by atoms with E-state index >= 15 is 0 Å². The standard InChI is InChI=1S/C23H23FN2O4/c1-16-14-19(6-7-20(16)30-15-23(28)9-10-23)26-12-11-25-21(22(26)27)29-13-8-17-2-4-18(24)5-3-17/h2-7,11-12,14,28H,8-10,13,15H2,1H3. The maximum absolute atomic E-state index is 13.0. The SMILES string of the molecule is Cc1cc(-n2ccnc(OCCc3ccc(F)cc3)c2=O)ccc1OCC1(O)CC1. The normalized spacial score (nSPS) is 14.4. The highest BCUT2D eigenvalue weighted by molar-refractivity contribution is 5.44. The van der Waals surface area contributed by atoms with Crippen LogP contribution in [0.25, 0.3) is 5.69 Å². The third kappa shape index (κ3) is 4.68. The van der Waals surface area contributed by atoms with Gasteiger partial charge >= 0.3 is 5.56 Å². The van der Waals surface area contributed by atoms with Gasteiger partial charge in [-0.3, -0.25) is 9.36 Å². The Kier molecular flexibility index (Phi) is 5.55. The topological polar surface area (TPSA) is 73.6 Å². The number of halogens is 1. The molecule has 1 fully saturated rings. The van der Waals surface area contributed by atoms with Gasteiger partial charge in [0.05, 0.1) is 12.2 Å². The maximum atomic E-state index is 13.0. The average molecular weight is 410 g/mol. The molecule has 30 heavy (non-hydrogen) atoms. The summed E-state index contributed by atoms with van der Waals surface area (Å²) in [7, 11) is 0. The molecule has 3 aromatic rings. The summed E-state index contributed by atoms with van der Waals surface area (Å²) >= 11 is 0. The number of hydrogen-bond acceptors (Lipinski definition) is 5. The summed E-state index contributed by atoms with van der Waals surface area (Å²) in [5.41, 5.74) is 1.39. The van der Waals surface area contributed by atoms with Crippen LogP contribution in [-0.2, 0) is 6.42 Å². The lowest BCUT2D eigenvalue weighted by atomic mass is 10.2. The number of benzene rings is 2. The Morgan fingerprint density at radius 2 is 1.93 bits per heavy atom. The van der Waals surface area contributed by atoms with Crippen molar-refractivity contribution in [2.24, 2.45) is 0 Å². The van der Waals surface area contributed by atoms with E-state index in [9.17, 15) is 14.3 Å². The smallest absolute Gasteiger partial charge is 0.317 e. The Balaban J connectivity index is 1.44. The predicted molar refractivity (Wildman–Crippen MR) is 110 cm³/mol. The van der Waals surface area contributed by atoms with Crippen LogP contribution in [-0.4, -0.2) is 33.5 Å². The number of aryl methyl sites for hydroxylation is 1. The molecule has 0 spiro atoms. The molecule has 4 rings (SSSR count). The van der Waals surface area contributed by atoms with Crippen molar-refractivity contribution >= 4 is 0 Å². The second kappa shape index (κ2) is 8.28. The largest absolute Gasteiger partial charge is 0.490 e. The Morgan fingerprint density at radius 3 is 2.63 bits per heavy atom. The lowest BCUT2D eigenvalue weighted by molar-refractivity contribution is 0.0853. The van der Waals surface area contributed by atoms with Gasteiger partial charge in [-0.1, -0.05) is 12.1 Å². The van der Waals surface area contributed by atoms with E-state index in [2.05, 4.69) is 4.98 Å². The molecular formula is C23H23FN2O4. The van der Waals surface area contributed by atoms with Crippen molar-refractivity contribution in [1.29, 1.82) is 0 Å². The number of rotatable bonds is 8. The maximum Gasteiger partial charge on any atom is 0.317 e. The number of aromatic nitrogens is 2. The number of ether oxygens (including phenoxy) is 2. The molecule has 1 aliphatic rings. The van der Waals surface area contributed by atoms with Crippen LogP contribution in [0.3, 0.4) is 0 Å². The summed E-state index contributed by atoms with van der Waals surface area (Å²) in [4.78, 5) is 16.8. The van der Waals surface area contributed by atoms with Crippen LogP contribution in [0.4, 0.5) is 4.39 Å². The minimum absolute atomic E-state index is 0.00791. The average Bonchev–Trinajstić information content (AvgIpc) is 3.47. The van der Waals surface area contributed by atoms with Gasteiger partial charge in [0.2, 0.25) is 0 Å². The van der Waals surface area contributed by atoms with E-state index in [1.54, 1.807) is 30.5 Å². The summed E-state index contributed by atoms with van der Waals surface area (Å²) in [6.07, 6.45) is 5.16. The van der Waals surface area contributed by atoms with Crippen LogP contribution in [0.1, 0.15) is 24.0 Å². The molecule has 0 saturated heterocycles. The quantitative estimate of drug-likeness (QED) is 0.617. The highest BCUT2D eigenvalue weighted by Crippen LogP contribution is 2.35. The summed E-state index contributed by atoms with van der Waals surface area (Å²) in [5, 5.41) is 9.93. The van der Waals surface area contributed by atoms with Gasteiger partial charge in [-0.15, -0.1) is 0 Å². The third-order valence-corrected chi connectivity index (χ3v) is 5.11. The molecule has 1 aliphatic carbocycles. The molecule has 156 valence electrons. The van der Waals surface area contributed by atoms with E-state index in [-0.39, 0.29) is 30.5 Å². The number of hydrogen-bond donors (Lipinski definition) is 1.